The number of rotatable bonds is 12. The van der Waals surface area contributed by atoms with Crippen molar-refractivity contribution in [2.24, 2.45) is 5.73 Å². The van der Waals surface area contributed by atoms with Gasteiger partial charge < -0.3 is 25.0 Å². The van der Waals surface area contributed by atoms with Crippen LogP contribution >= 0.6 is 30.8 Å². The van der Waals surface area contributed by atoms with Crippen molar-refractivity contribution in [1.82, 2.24) is 10.2 Å². The number of alkyl halides is 3. The molecule has 0 bridgehead atoms. The SMILES string of the molecule is C[C@](N)(COP(=O)(O)O)c1nnc(-c2ccc(OCCOCCc3ccc(Cl)cc3)c(C(F)(F)F)c2)s1. The normalized spacial score (nSPS) is 13.9. The molecule has 0 fully saturated rings. The molecular weight excluding hydrogens is 558 g/mol. The summed E-state index contributed by atoms with van der Waals surface area (Å²) in [5, 5.41) is 8.62. The molecule has 0 radical (unpaired) electrons. The molecule has 0 aliphatic heterocycles. The van der Waals surface area contributed by atoms with Crippen LogP contribution in [0.1, 0.15) is 23.1 Å². The number of phosphoric acid groups is 1. The van der Waals surface area contributed by atoms with E-state index >= 15 is 0 Å². The number of hydrogen-bond donors (Lipinski definition) is 3. The number of halogens is 4. The summed E-state index contributed by atoms with van der Waals surface area (Å²) < 4.78 is 67.4. The summed E-state index contributed by atoms with van der Waals surface area (Å²) in [6.07, 6.45) is -4.08. The van der Waals surface area contributed by atoms with E-state index in [9.17, 15) is 17.7 Å². The van der Waals surface area contributed by atoms with E-state index in [2.05, 4.69) is 14.7 Å². The van der Waals surface area contributed by atoms with Crippen molar-refractivity contribution < 1.29 is 41.5 Å². The fraction of sp³-hybridized carbons (Fsp3) is 0.364. The van der Waals surface area contributed by atoms with Gasteiger partial charge in [0, 0.05) is 10.6 Å². The number of hydrogen-bond acceptors (Lipinski definition) is 8. The molecule has 0 spiro atoms. The molecule has 37 heavy (non-hydrogen) atoms. The van der Waals surface area contributed by atoms with Gasteiger partial charge in [0.15, 0.2) is 0 Å². The third kappa shape index (κ3) is 9.01. The van der Waals surface area contributed by atoms with Gasteiger partial charge in [-0.2, -0.15) is 13.2 Å². The summed E-state index contributed by atoms with van der Waals surface area (Å²) in [4.78, 5) is 17.7. The minimum Gasteiger partial charge on any atom is -0.491 e. The van der Waals surface area contributed by atoms with Gasteiger partial charge in [0.2, 0.25) is 0 Å². The van der Waals surface area contributed by atoms with Gasteiger partial charge in [0.1, 0.15) is 22.4 Å². The first-order valence-corrected chi connectivity index (χ1v) is 13.5. The largest absolute Gasteiger partial charge is 0.491 e. The van der Waals surface area contributed by atoms with Crippen molar-refractivity contribution in [3.8, 4) is 16.3 Å². The molecule has 0 aliphatic rings. The van der Waals surface area contributed by atoms with Crippen molar-refractivity contribution in [3.05, 3.63) is 63.6 Å². The van der Waals surface area contributed by atoms with Crippen LogP contribution in [0.3, 0.4) is 0 Å². The van der Waals surface area contributed by atoms with Crippen molar-refractivity contribution >= 4 is 30.8 Å². The van der Waals surface area contributed by atoms with Crippen LogP contribution in [0.2, 0.25) is 5.02 Å². The molecule has 0 aliphatic carbocycles. The molecule has 15 heteroatoms. The summed E-state index contributed by atoms with van der Waals surface area (Å²) in [6.45, 7) is 1.21. The predicted octanol–water partition coefficient (Wildman–Crippen LogP) is 4.80. The second-order valence-electron chi connectivity index (χ2n) is 8.14. The van der Waals surface area contributed by atoms with Crippen LogP contribution in [-0.4, -0.2) is 46.4 Å². The van der Waals surface area contributed by atoms with Crippen molar-refractivity contribution in [1.29, 1.82) is 0 Å². The zero-order valence-corrected chi connectivity index (χ0v) is 21.9. The Hall–Kier alpha value is -2.09. The third-order valence-electron chi connectivity index (χ3n) is 4.91. The lowest BCUT2D eigenvalue weighted by Crippen LogP contribution is -2.37. The second-order valence-corrected chi connectivity index (χ2v) is 10.8. The lowest BCUT2D eigenvalue weighted by atomic mass is 10.1. The van der Waals surface area contributed by atoms with E-state index in [1.165, 1.54) is 19.1 Å². The molecule has 1 aromatic heterocycles. The summed E-state index contributed by atoms with van der Waals surface area (Å²) >= 11 is 6.72. The Kier molecular flexibility index (Phi) is 9.70. The van der Waals surface area contributed by atoms with E-state index in [4.69, 9.17) is 36.6 Å². The van der Waals surface area contributed by atoms with Crippen LogP contribution in [0.4, 0.5) is 13.2 Å². The Labute approximate surface area is 219 Å². The fourth-order valence-corrected chi connectivity index (χ4v) is 4.46. The van der Waals surface area contributed by atoms with Crippen LogP contribution in [-0.2, 0) is 32.0 Å². The van der Waals surface area contributed by atoms with Crippen LogP contribution in [0, 0.1) is 0 Å². The van der Waals surface area contributed by atoms with Gasteiger partial charge in [0.25, 0.3) is 0 Å². The van der Waals surface area contributed by atoms with Crippen LogP contribution in [0.25, 0.3) is 10.6 Å². The van der Waals surface area contributed by atoms with Gasteiger partial charge in [-0.05, 0) is 49.2 Å². The Balaban J connectivity index is 1.62. The minimum absolute atomic E-state index is 0.0862. The minimum atomic E-state index is -4.77. The van der Waals surface area contributed by atoms with E-state index in [1.54, 1.807) is 12.1 Å². The first-order valence-electron chi connectivity index (χ1n) is 10.7. The van der Waals surface area contributed by atoms with Gasteiger partial charge in [-0.1, -0.05) is 35.1 Å². The third-order valence-corrected chi connectivity index (χ3v) is 6.88. The van der Waals surface area contributed by atoms with E-state index in [1.807, 2.05) is 12.1 Å². The molecule has 3 aromatic rings. The standard InChI is InChI=1S/C22H24ClF3N3O6PS/c1-21(27,13-35-36(30,31)32)20-29-28-19(37-20)15-4-7-18(17(12-15)22(24,25)26)34-11-10-33-9-8-14-2-5-16(23)6-3-14/h2-7,12H,8-11,13,27H2,1H3,(H2,30,31,32)/t21-/m0/s1. The second kappa shape index (κ2) is 12.2. The zero-order valence-electron chi connectivity index (χ0n) is 19.4. The molecule has 9 nitrogen and oxygen atoms in total. The summed E-state index contributed by atoms with van der Waals surface area (Å²) in [5.41, 5.74) is 4.72. The van der Waals surface area contributed by atoms with E-state index in [-0.39, 0.29) is 34.5 Å². The Bertz CT molecular complexity index is 1240. The number of nitrogens with zero attached hydrogens (tertiary/aromatic N) is 2. The molecule has 1 heterocycles. The lowest BCUT2D eigenvalue weighted by Gasteiger charge is -2.21. The average molecular weight is 582 g/mol. The molecule has 3 rings (SSSR count). The summed E-state index contributed by atoms with van der Waals surface area (Å²) in [6, 6.07) is 10.7. The molecular formula is C22H24ClF3N3O6PS. The number of phosphoric ester groups is 1. The Morgan fingerprint density at radius 3 is 2.43 bits per heavy atom. The predicted molar refractivity (Wildman–Crippen MR) is 131 cm³/mol. The van der Waals surface area contributed by atoms with Crippen LogP contribution in [0.15, 0.2) is 42.5 Å². The van der Waals surface area contributed by atoms with Crippen molar-refractivity contribution in [2.75, 3.05) is 26.4 Å². The van der Waals surface area contributed by atoms with E-state index in [0.717, 1.165) is 23.0 Å². The van der Waals surface area contributed by atoms with Gasteiger partial charge >= 0.3 is 14.0 Å². The first-order chi connectivity index (χ1) is 17.2. The van der Waals surface area contributed by atoms with Gasteiger partial charge in [-0.15, -0.1) is 10.2 Å². The quantitative estimate of drug-likeness (QED) is 0.203. The molecule has 4 N–H and O–H groups in total. The maximum atomic E-state index is 13.7. The molecule has 2 aromatic carbocycles. The van der Waals surface area contributed by atoms with Crippen LogP contribution < -0.4 is 10.5 Å². The Morgan fingerprint density at radius 1 is 1.08 bits per heavy atom. The number of benzene rings is 2. The first kappa shape index (κ1) is 29.5. The molecule has 1 atom stereocenters. The molecule has 0 unspecified atom stereocenters. The maximum absolute atomic E-state index is 13.7. The summed E-state index contributed by atoms with van der Waals surface area (Å²) in [5.74, 6) is -0.360. The zero-order chi connectivity index (χ0) is 27.3. The molecule has 0 saturated carbocycles. The molecule has 202 valence electrons. The lowest BCUT2D eigenvalue weighted by molar-refractivity contribution is -0.139. The number of nitrogens with two attached hydrogens (primary N) is 1. The van der Waals surface area contributed by atoms with Gasteiger partial charge in [-0.25, -0.2) is 4.57 Å². The molecule has 0 saturated heterocycles. The van der Waals surface area contributed by atoms with E-state index in [0.29, 0.717) is 18.1 Å². The smallest absolute Gasteiger partial charge is 0.469 e. The highest BCUT2D eigenvalue weighted by Gasteiger charge is 2.35. The number of ether oxygens (including phenoxy) is 2. The van der Waals surface area contributed by atoms with Gasteiger partial charge in [0.05, 0.1) is 30.9 Å². The highest BCUT2D eigenvalue weighted by atomic mass is 35.5. The van der Waals surface area contributed by atoms with E-state index < -0.39 is 31.7 Å². The van der Waals surface area contributed by atoms with Gasteiger partial charge in [-0.3, -0.25) is 4.52 Å². The monoisotopic (exact) mass is 581 g/mol. The topological polar surface area (TPSA) is 137 Å². The highest BCUT2D eigenvalue weighted by molar-refractivity contribution is 7.46. The summed E-state index contributed by atoms with van der Waals surface area (Å²) in [7, 11) is -4.77. The number of aromatic nitrogens is 2. The highest BCUT2D eigenvalue weighted by Crippen LogP contribution is 2.41. The van der Waals surface area contributed by atoms with Crippen molar-refractivity contribution in [3.63, 3.8) is 0 Å². The average Bonchev–Trinajstić information content (AvgIpc) is 3.32. The van der Waals surface area contributed by atoms with Crippen molar-refractivity contribution in [2.45, 2.75) is 25.1 Å². The fourth-order valence-electron chi connectivity index (χ4n) is 3.01. The molecule has 0 amide bonds. The maximum Gasteiger partial charge on any atom is 0.469 e. The Morgan fingerprint density at radius 2 is 1.78 bits per heavy atom. The van der Waals surface area contributed by atoms with Crippen LogP contribution in [0.5, 0.6) is 5.75 Å².